The molecule has 0 aliphatic carbocycles. The standard InChI is InChI=1S/C16H16ClNO5/c17-12-1-2-13-10(6-12)5-11(8-23-13)15(21)18-16(7-14(19)20)3-4-22-9-16/h1-2,5-6H,3-4,7-9H2,(H,18,21)(H,19,20). The molecule has 0 saturated carbocycles. The van der Waals surface area contributed by atoms with Crippen molar-refractivity contribution in [2.75, 3.05) is 19.8 Å². The van der Waals surface area contributed by atoms with Gasteiger partial charge >= 0.3 is 5.97 Å². The first-order valence-electron chi connectivity index (χ1n) is 7.22. The fourth-order valence-electron chi connectivity index (χ4n) is 2.78. The molecule has 1 aromatic carbocycles. The second-order valence-electron chi connectivity index (χ2n) is 5.75. The Morgan fingerprint density at radius 2 is 2.22 bits per heavy atom. The number of ether oxygens (including phenoxy) is 2. The smallest absolute Gasteiger partial charge is 0.305 e. The van der Waals surface area contributed by atoms with Crippen LogP contribution in [0.3, 0.4) is 0 Å². The number of carbonyl (C=O) groups excluding carboxylic acids is 1. The summed E-state index contributed by atoms with van der Waals surface area (Å²) in [5, 5.41) is 12.4. The van der Waals surface area contributed by atoms with Crippen LogP contribution in [0.25, 0.3) is 6.08 Å². The maximum absolute atomic E-state index is 12.5. The molecule has 1 amide bonds. The van der Waals surface area contributed by atoms with E-state index in [4.69, 9.17) is 26.2 Å². The van der Waals surface area contributed by atoms with E-state index in [0.717, 1.165) is 5.56 Å². The molecule has 2 aliphatic heterocycles. The van der Waals surface area contributed by atoms with Crippen LogP contribution in [0.2, 0.25) is 5.02 Å². The number of nitrogens with one attached hydrogen (secondary N) is 1. The number of carboxylic acids is 1. The molecule has 2 N–H and O–H groups in total. The first-order valence-corrected chi connectivity index (χ1v) is 7.60. The Kier molecular flexibility index (Phi) is 4.28. The van der Waals surface area contributed by atoms with Crippen molar-refractivity contribution in [2.24, 2.45) is 0 Å². The molecule has 1 aromatic rings. The van der Waals surface area contributed by atoms with Crippen LogP contribution in [0.1, 0.15) is 18.4 Å². The highest BCUT2D eigenvalue weighted by Gasteiger charge is 2.39. The Hall–Kier alpha value is -2.05. The zero-order valence-electron chi connectivity index (χ0n) is 12.3. The normalized spacial score (nSPS) is 22.7. The van der Waals surface area contributed by atoms with Crippen LogP contribution >= 0.6 is 11.6 Å². The predicted molar refractivity (Wildman–Crippen MR) is 83.5 cm³/mol. The zero-order valence-corrected chi connectivity index (χ0v) is 13.1. The highest BCUT2D eigenvalue weighted by atomic mass is 35.5. The van der Waals surface area contributed by atoms with Gasteiger partial charge in [-0.15, -0.1) is 0 Å². The Labute approximate surface area is 138 Å². The molecule has 0 bridgehead atoms. The van der Waals surface area contributed by atoms with Crippen molar-refractivity contribution in [3.8, 4) is 5.75 Å². The van der Waals surface area contributed by atoms with Crippen LogP contribution in [-0.4, -0.2) is 42.3 Å². The summed E-state index contributed by atoms with van der Waals surface area (Å²) < 4.78 is 10.8. The number of hydrogen-bond acceptors (Lipinski definition) is 4. The Bertz CT molecular complexity index is 679. The number of halogens is 1. The van der Waals surface area contributed by atoms with Crippen LogP contribution in [0.5, 0.6) is 5.75 Å². The quantitative estimate of drug-likeness (QED) is 0.876. The molecular formula is C16H16ClNO5. The number of hydrogen-bond donors (Lipinski definition) is 2. The molecule has 1 fully saturated rings. The van der Waals surface area contributed by atoms with Gasteiger partial charge in [-0.25, -0.2) is 0 Å². The lowest BCUT2D eigenvalue weighted by Gasteiger charge is -2.28. The fraction of sp³-hybridized carbons (Fsp3) is 0.375. The summed E-state index contributed by atoms with van der Waals surface area (Å²) in [5.41, 5.74) is 0.290. The molecule has 1 atom stereocenters. The number of carbonyl (C=O) groups is 2. The van der Waals surface area contributed by atoms with Gasteiger partial charge in [-0.05, 0) is 30.7 Å². The number of amides is 1. The molecule has 2 aliphatic rings. The van der Waals surface area contributed by atoms with Crippen molar-refractivity contribution in [3.05, 3.63) is 34.4 Å². The highest BCUT2D eigenvalue weighted by molar-refractivity contribution is 6.30. The third-order valence-corrected chi connectivity index (χ3v) is 4.18. The van der Waals surface area contributed by atoms with Gasteiger partial charge in [-0.2, -0.15) is 0 Å². The van der Waals surface area contributed by atoms with Crippen molar-refractivity contribution in [1.29, 1.82) is 0 Å². The second kappa shape index (κ2) is 6.22. The van der Waals surface area contributed by atoms with Gasteiger partial charge in [0.1, 0.15) is 12.4 Å². The van der Waals surface area contributed by atoms with Gasteiger partial charge in [0.05, 0.1) is 24.1 Å². The molecule has 122 valence electrons. The summed E-state index contributed by atoms with van der Waals surface area (Å²) >= 11 is 5.95. The highest BCUT2D eigenvalue weighted by Crippen LogP contribution is 2.30. The zero-order chi connectivity index (χ0) is 16.4. The topological polar surface area (TPSA) is 84.9 Å². The third kappa shape index (κ3) is 3.48. The summed E-state index contributed by atoms with van der Waals surface area (Å²) in [6.45, 7) is 0.758. The third-order valence-electron chi connectivity index (χ3n) is 3.95. The number of fused-ring (bicyclic) bond motifs is 1. The van der Waals surface area contributed by atoms with Crippen molar-refractivity contribution in [1.82, 2.24) is 5.32 Å². The molecule has 1 unspecified atom stereocenters. The minimum Gasteiger partial charge on any atom is -0.488 e. The van der Waals surface area contributed by atoms with E-state index < -0.39 is 11.5 Å². The molecule has 1 saturated heterocycles. The Balaban J connectivity index is 1.79. The maximum Gasteiger partial charge on any atom is 0.305 e. The Morgan fingerprint density at radius 1 is 1.39 bits per heavy atom. The molecular weight excluding hydrogens is 322 g/mol. The number of rotatable bonds is 4. The summed E-state index contributed by atoms with van der Waals surface area (Å²) in [5.74, 6) is -0.653. The summed E-state index contributed by atoms with van der Waals surface area (Å²) in [6.07, 6.45) is 2.02. The van der Waals surface area contributed by atoms with E-state index in [2.05, 4.69) is 5.32 Å². The van der Waals surface area contributed by atoms with Crippen LogP contribution in [0.15, 0.2) is 23.8 Å². The molecule has 0 spiro atoms. The average Bonchev–Trinajstić information content (AvgIpc) is 2.93. The van der Waals surface area contributed by atoms with E-state index in [1.807, 2.05) is 0 Å². The molecule has 3 rings (SSSR count). The minimum absolute atomic E-state index is 0.129. The van der Waals surface area contributed by atoms with E-state index in [9.17, 15) is 9.59 Å². The molecule has 0 aromatic heterocycles. The van der Waals surface area contributed by atoms with Crippen molar-refractivity contribution < 1.29 is 24.2 Å². The SMILES string of the molecule is O=C(O)CC1(NC(=O)C2=Cc3cc(Cl)ccc3OC2)CCOC1. The lowest BCUT2D eigenvalue weighted by Crippen LogP contribution is -2.51. The first kappa shape index (κ1) is 15.8. The van der Waals surface area contributed by atoms with E-state index >= 15 is 0 Å². The molecule has 2 heterocycles. The summed E-state index contributed by atoms with van der Waals surface area (Å²) in [6, 6.07) is 5.19. The molecule has 6 nitrogen and oxygen atoms in total. The summed E-state index contributed by atoms with van der Waals surface area (Å²) in [7, 11) is 0. The predicted octanol–water partition coefficient (Wildman–Crippen LogP) is 1.87. The fourth-order valence-corrected chi connectivity index (χ4v) is 2.96. The average molecular weight is 338 g/mol. The molecule has 7 heteroatoms. The molecule has 0 radical (unpaired) electrons. The second-order valence-corrected chi connectivity index (χ2v) is 6.18. The lowest BCUT2D eigenvalue weighted by molar-refractivity contribution is -0.139. The Morgan fingerprint density at radius 3 is 2.91 bits per heavy atom. The monoisotopic (exact) mass is 337 g/mol. The van der Waals surface area contributed by atoms with Gasteiger partial charge in [0.15, 0.2) is 0 Å². The number of carboxylic acid groups (broad SMARTS) is 1. The van der Waals surface area contributed by atoms with Crippen molar-refractivity contribution in [3.63, 3.8) is 0 Å². The van der Waals surface area contributed by atoms with E-state index in [0.29, 0.717) is 29.4 Å². The van der Waals surface area contributed by atoms with Crippen molar-refractivity contribution in [2.45, 2.75) is 18.4 Å². The van der Waals surface area contributed by atoms with Gasteiger partial charge in [0.2, 0.25) is 0 Å². The first-order chi connectivity index (χ1) is 11.0. The van der Waals surface area contributed by atoms with Crippen LogP contribution in [0, 0.1) is 0 Å². The largest absolute Gasteiger partial charge is 0.488 e. The summed E-state index contributed by atoms with van der Waals surface area (Å²) in [4.78, 5) is 23.6. The van der Waals surface area contributed by atoms with Gasteiger partial charge in [0, 0.05) is 17.2 Å². The lowest BCUT2D eigenvalue weighted by atomic mass is 9.93. The van der Waals surface area contributed by atoms with E-state index in [1.54, 1.807) is 24.3 Å². The number of aliphatic carboxylic acids is 1. The number of benzene rings is 1. The van der Waals surface area contributed by atoms with Crippen LogP contribution < -0.4 is 10.1 Å². The van der Waals surface area contributed by atoms with Crippen LogP contribution in [-0.2, 0) is 14.3 Å². The van der Waals surface area contributed by atoms with Gasteiger partial charge in [-0.1, -0.05) is 11.6 Å². The maximum atomic E-state index is 12.5. The van der Waals surface area contributed by atoms with Crippen molar-refractivity contribution >= 4 is 29.6 Å². The van der Waals surface area contributed by atoms with E-state index in [1.165, 1.54) is 0 Å². The molecule has 23 heavy (non-hydrogen) atoms. The van der Waals surface area contributed by atoms with Gasteiger partial charge in [0.25, 0.3) is 5.91 Å². The minimum atomic E-state index is -0.971. The van der Waals surface area contributed by atoms with Gasteiger partial charge < -0.3 is 19.9 Å². The van der Waals surface area contributed by atoms with E-state index in [-0.39, 0.29) is 25.5 Å². The van der Waals surface area contributed by atoms with Crippen LogP contribution in [0.4, 0.5) is 0 Å². The van der Waals surface area contributed by atoms with Gasteiger partial charge in [-0.3, -0.25) is 9.59 Å².